The lowest BCUT2D eigenvalue weighted by molar-refractivity contribution is -0.143. The van der Waals surface area contributed by atoms with Crippen LogP contribution < -0.4 is 10.1 Å². The van der Waals surface area contributed by atoms with Gasteiger partial charge in [-0.2, -0.15) is 4.31 Å². The van der Waals surface area contributed by atoms with Gasteiger partial charge in [-0.05, 0) is 59.2 Å². The summed E-state index contributed by atoms with van der Waals surface area (Å²) in [6.07, 6.45) is 0. The molecular formula is C34H33ClFN3O6S. The number of benzene rings is 4. The molecule has 1 atom stereocenters. The zero-order valence-corrected chi connectivity index (χ0v) is 26.4. The van der Waals surface area contributed by atoms with Crippen molar-refractivity contribution in [2.45, 2.75) is 24.0 Å². The van der Waals surface area contributed by atoms with Crippen molar-refractivity contribution in [1.29, 1.82) is 0 Å². The van der Waals surface area contributed by atoms with Crippen molar-refractivity contribution in [3.63, 3.8) is 0 Å². The molecule has 1 heterocycles. The molecular weight excluding hydrogens is 633 g/mol. The topological polar surface area (TPSA) is 105 Å². The highest BCUT2D eigenvalue weighted by Crippen LogP contribution is 2.26. The smallest absolute Gasteiger partial charge is 0.261 e. The van der Waals surface area contributed by atoms with Crippen molar-refractivity contribution < 1.29 is 31.9 Å². The molecule has 1 N–H and O–H groups in total. The van der Waals surface area contributed by atoms with E-state index in [4.69, 9.17) is 21.1 Å². The van der Waals surface area contributed by atoms with E-state index in [2.05, 4.69) is 5.32 Å². The van der Waals surface area contributed by atoms with Gasteiger partial charge in [-0.1, -0.05) is 72.3 Å². The minimum Gasteiger partial charge on any atom is -0.484 e. The van der Waals surface area contributed by atoms with E-state index in [-0.39, 0.29) is 36.8 Å². The molecule has 0 aliphatic carbocycles. The lowest BCUT2D eigenvalue weighted by atomic mass is 10.0. The predicted octanol–water partition coefficient (Wildman–Crippen LogP) is 4.97. The summed E-state index contributed by atoms with van der Waals surface area (Å²) < 4.78 is 52.1. The maximum absolute atomic E-state index is 13.9. The number of nitrogens with zero attached hydrogens (tertiary/aromatic N) is 2. The number of rotatable bonds is 12. The van der Waals surface area contributed by atoms with E-state index in [1.807, 2.05) is 6.07 Å². The Balaban J connectivity index is 1.37. The first-order chi connectivity index (χ1) is 22.2. The molecule has 12 heteroatoms. The average molecular weight is 666 g/mol. The van der Waals surface area contributed by atoms with Crippen LogP contribution in [0.2, 0.25) is 5.02 Å². The van der Waals surface area contributed by atoms with E-state index in [0.29, 0.717) is 34.9 Å². The summed E-state index contributed by atoms with van der Waals surface area (Å²) in [7, 11) is -3.70. The number of ether oxygens (including phenoxy) is 2. The third-order valence-corrected chi connectivity index (χ3v) is 9.75. The quantitative estimate of drug-likeness (QED) is 0.229. The SMILES string of the molecule is O=C(NCc1ccccc1Cl)C(c1ccccc1)N(Cc1ccc(F)cc1)C(=O)COc1ccc(S(=O)(=O)N2CCOCC2)cc1. The fourth-order valence-corrected chi connectivity index (χ4v) is 6.62. The van der Waals surface area contributed by atoms with Crippen LogP contribution in [0.15, 0.2) is 108 Å². The number of sulfonamides is 1. The van der Waals surface area contributed by atoms with Gasteiger partial charge in [-0.3, -0.25) is 9.59 Å². The van der Waals surface area contributed by atoms with Crippen LogP contribution in [0.5, 0.6) is 5.75 Å². The van der Waals surface area contributed by atoms with Crippen molar-refractivity contribution in [3.05, 3.63) is 131 Å². The number of hydrogen-bond acceptors (Lipinski definition) is 6. The van der Waals surface area contributed by atoms with Gasteiger partial charge in [0.2, 0.25) is 15.9 Å². The fourth-order valence-electron chi connectivity index (χ4n) is 5.01. The molecule has 9 nitrogen and oxygen atoms in total. The van der Waals surface area contributed by atoms with Gasteiger partial charge >= 0.3 is 0 Å². The van der Waals surface area contributed by atoms with Gasteiger partial charge in [0.25, 0.3) is 5.91 Å². The molecule has 4 aromatic rings. The second kappa shape index (κ2) is 15.3. The summed E-state index contributed by atoms with van der Waals surface area (Å²) in [4.78, 5) is 29.2. The molecule has 1 aliphatic rings. The van der Waals surface area contributed by atoms with E-state index in [1.165, 1.54) is 45.6 Å². The number of carbonyl (C=O) groups is 2. The first-order valence-electron chi connectivity index (χ1n) is 14.6. The van der Waals surface area contributed by atoms with Crippen LogP contribution in [0.25, 0.3) is 0 Å². The summed E-state index contributed by atoms with van der Waals surface area (Å²) in [6, 6.07) is 26.4. The van der Waals surface area contributed by atoms with Gasteiger partial charge in [0.05, 0.1) is 18.1 Å². The van der Waals surface area contributed by atoms with Gasteiger partial charge < -0.3 is 19.7 Å². The maximum atomic E-state index is 13.9. The van der Waals surface area contributed by atoms with E-state index < -0.39 is 40.3 Å². The van der Waals surface area contributed by atoms with Crippen molar-refractivity contribution >= 4 is 33.4 Å². The zero-order chi connectivity index (χ0) is 32.5. The molecule has 1 unspecified atom stereocenters. The van der Waals surface area contributed by atoms with E-state index in [1.54, 1.807) is 60.7 Å². The first kappa shape index (κ1) is 33.1. The molecule has 0 aromatic heterocycles. The summed E-state index contributed by atoms with van der Waals surface area (Å²) >= 11 is 6.31. The number of amides is 2. The summed E-state index contributed by atoms with van der Waals surface area (Å²) in [5.41, 5.74) is 1.88. The molecule has 1 fully saturated rings. The predicted molar refractivity (Wildman–Crippen MR) is 171 cm³/mol. The number of nitrogens with one attached hydrogen (secondary N) is 1. The van der Waals surface area contributed by atoms with Gasteiger partial charge in [0.15, 0.2) is 6.61 Å². The molecule has 1 aliphatic heterocycles. The van der Waals surface area contributed by atoms with Crippen LogP contribution in [0.1, 0.15) is 22.7 Å². The van der Waals surface area contributed by atoms with Crippen molar-refractivity contribution in [2.24, 2.45) is 0 Å². The number of carbonyl (C=O) groups excluding carboxylic acids is 2. The molecule has 4 aromatic carbocycles. The molecule has 46 heavy (non-hydrogen) atoms. The highest BCUT2D eigenvalue weighted by molar-refractivity contribution is 7.89. The lowest BCUT2D eigenvalue weighted by Gasteiger charge is -2.31. The third-order valence-electron chi connectivity index (χ3n) is 7.47. The van der Waals surface area contributed by atoms with Crippen LogP contribution in [-0.2, 0) is 37.4 Å². The normalized spacial score (nSPS) is 14.3. The molecule has 0 bridgehead atoms. The Kier molecular flexibility index (Phi) is 11.0. The largest absolute Gasteiger partial charge is 0.484 e. The summed E-state index contributed by atoms with van der Waals surface area (Å²) in [5.74, 6) is -1.12. The standard InChI is InChI=1S/C34H33ClFN3O6S/c35-31-9-5-4-8-27(31)22-37-34(41)33(26-6-2-1-3-7-26)39(23-25-10-12-28(36)13-11-25)32(40)24-45-29-14-16-30(17-15-29)46(42,43)38-18-20-44-21-19-38/h1-17,33H,18-24H2,(H,37,41). The molecule has 240 valence electrons. The second-order valence-corrected chi connectivity index (χ2v) is 12.9. The van der Waals surface area contributed by atoms with Gasteiger partial charge in [0, 0.05) is 31.2 Å². The Bertz CT molecular complexity index is 1740. The monoisotopic (exact) mass is 665 g/mol. The third kappa shape index (κ3) is 8.29. The van der Waals surface area contributed by atoms with Gasteiger partial charge in [-0.15, -0.1) is 0 Å². The zero-order valence-electron chi connectivity index (χ0n) is 24.9. The number of hydrogen-bond donors (Lipinski definition) is 1. The van der Waals surface area contributed by atoms with Crippen LogP contribution in [0.4, 0.5) is 4.39 Å². The molecule has 2 amide bonds. The minimum absolute atomic E-state index is 0.0156. The van der Waals surface area contributed by atoms with E-state index >= 15 is 0 Å². The van der Waals surface area contributed by atoms with Crippen LogP contribution >= 0.6 is 11.6 Å². The van der Waals surface area contributed by atoms with Crippen molar-refractivity contribution in [2.75, 3.05) is 32.9 Å². The van der Waals surface area contributed by atoms with Crippen LogP contribution in [-0.4, -0.2) is 62.3 Å². The lowest BCUT2D eigenvalue weighted by Crippen LogP contribution is -2.45. The Morgan fingerprint density at radius 3 is 2.24 bits per heavy atom. The van der Waals surface area contributed by atoms with Crippen molar-refractivity contribution in [1.82, 2.24) is 14.5 Å². The van der Waals surface area contributed by atoms with E-state index in [0.717, 1.165) is 0 Å². The van der Waals surface area contributed by atoms with E-state index in [9.17, 15) is 22.4 Å². The highest BCUT2D eigenvalue weighted by Gasteiger charge is 2.32. The van der Waals surface area contributed by atoms with Gasteiger partial charge in [-0.25, -0.2) is 12.8 Å². The highest BCUT2D eigenvalue weighted by atomic mass is 35.5. The number of halogens is 2. The number of morpholine rings is 1. The van der Waals surface area contributed by atoms with Gasteiger partial charge in [0.1, 0.15) is 17.6 Å². The maximum Gasteiger partial charge on any atom is 0.261 e. The van der Waals surface area contributed by atoms with Crippen LogP contribution in [0, 0.1) is 5.82 Å². The Morgan fingerprint density at radius 1 is 0.913 bits per heavy atom. The first-order valence-corrected chi connectivity index (χ1v) is 16.4. The van der Waals surface area contributed by atoms with Crippen LogP contribution in [0.3, 0.4) is 0 Å². The molecule has 0 spiro atoms. The fraction of sp³-hybridized carbons (Fsp3) is 0.235. The molecule has 5 rings (SSSR count). The Labute approximate surface area is 272 Å². The molecule has 1 saturated heterocycles. The summed E-state index contributed by atoms with van der Waals surface area (Å²) in [6.45, 7) is 0.881. The Hall–Kier alpha value is -4.29. The minimum atomic E-state index is -3.70. The second-order valence-electron chi connectivity index (χ2n) is 10.5. The Morgan fingerprint density at radius 2 is 1.57 bits per heavy atom. The summed E-state index contributed by atoms with van der Waals surface area (Å²) in [5, 5.41) is 3.40. The average Bonchev–Trinajstić information content (AvgIpc) is 3.08. The molecule has 0 saturated carbocycles. The molecule has 0 radical (unpaired) electrons. The van der Waals surface area contributed by atoms with Crippen molar-refractivity contribution in [3.8, 4) is 5.75 Å².